The minimum atomic E-state index is -0.426. The average molecular weight is 398 g/mol. The van der Waals surface area contributed by atoms with E-state index in [1.807, 2.05) is 0 Å². The molecular weight excluding hydrogens is 387 g/mol. The largest absolute Gasteiger partial charge is 0.493 e. The Morgan fingerprint density at radius 1 is 1.12 bits per heavy atom. The Labute approximate surface area is 157 Å². The number of hydrogen-bond donors (Lipinski definition) is 3. The van der Waals surface area contributed by atoms with Gasteiger partial charge in [-0.25, -0.2) is 0 Å². The highest BCUT2D eigenvalue weighted by Gasteiger charge is 2.17. The van der Waals surface area contributed by atoms with Crippen molar-refractivity contribution in [3.05, 3.63) is 63.1 Å². The summed E-state index contributed by atoms with van der Waals surface area (Å²) in [5.74, 6) is -0.564. The van der Waals surface area contributed by atoms with Crippen LogP contribution in [0.1, 0.15) is 10.4 Å². The lowest BCUT2D eigenvalue weighted by atomic mass is 10.2. The third kappa shape index (κ3) is 3.66. The molecule has 6 nitrogen and oxygen atoms in total. The van der Waals surface area contributed by atoms with E-state index in [0.29, 0.717) is 16.3 Å². The zero-order valence-electron chi connectivity index (χ0n) is 12.5. The maximum Gasteiger partial charge on any atom is 0.256 e. The number of nitrogen functional groups attached to an aromatic ring is 1. The predicted molar refractivity (Wildman–Crippen MR) is 99.1 cm³/mol. The van der Waals surface area contributed by atoms with E-state index in [2.05, 4.69) is 10.4 Å². The molecule has 0 unspecified atom stereocenters. The molecule has 9 heteroatoms. The van der Waals surface area contributed by atoms with Gasteiger partial charge in [-0.15, -0.1) is 5.10 Å². The van der Waals surface area contributed by atoms with Crippen molar-refractivity contribution in [2.75, 3.05) is 11.1 Å². The van der Waals surface area contributed by atoms with E-state index in [-0.39, 0.29) is 27.4 Å². The molecular formula is C16H11Cl3N4O2. The second-order valence-electron chi connectivity index (χ2n) is 5.10. The molecule has 4 N–H and O–H groups in total. The van der Waals surface area contributed by atoms with Gasteiger partial charge in [0.2, 0.25) is 5.88 Å². The Balaban J connectivity index is 1.92. The van der Waals surface area contributed by atoms with Gasteiger partial charge in [-0.3, -0.25) is 4.79 Å². The van der Waals surface area contributed by atoms with Gasteiger partial charge in [-0.1, -0.05) is 40.9 Å². The van der Waals surface area contributed by atoms with Crippen molar-refractivity contribution in [2.45, 2.75) is 0 Å². The summed E-state index contributed by atoms with van der Waals surface area (Å²) >= 11 is 18.1. The van der Waals surface area contributed by atoms with Gasteiger partial charge in [0.1, 0.15) is 5.69 Å². The van der Waals surface area contributed by atoms with Crippen LogP contribution in [0.3, 0.4) is 0 Å². The maximum absolute atomic E-state index is 12.2. The summed E-state index contributed by atoms with van der Waals surface area (Å²) in [4.78, 5) is 12.2. The molecule has 0 aliphatic rings. The van der Waals surface area contributed by atoms with Crippen molar-refractivity contribution in [3.63, 3.8) is 0 Å². The third-order valence-corrected chi connectivity index (χ3v) is 4.07. The number of amides is 1. The van der Waals surface area contributed by atoms with Crippen molar-refractivity contribution in [2.24, 2.45) is 0 Å². The number of aromatic hydroxyl groups is 1. The number of nitrogens with one attached hydrogen (secondary N) is 1. The van der Waals surface area contributed by atoms with Crippen molar-refractivity contribution >= 4 is 52.2 Å². The highest BCUT2D eigenvalue weighted by atomic mass is 35.5. The van der Waals surface area contributed by atoms with Gasteiger partial charge in [0.05, 0.1) is 10.0 Å². The molecule has 3 rings (SSSR count). The van der Waals surface area contributed by atoms with E-state index < -0.39 is 5.91 Å². The zero-order chi connectivity index (χ0) is 18.1. The van der Waals surface area contributed by atoms with Crippen LogP contribution in [0.4, 0.5) is 11.5 Å². The minimum absolute atomic E-state index is 0.118. The number of nitrogens with zero attached hydrogens (tertiary/aromatic N) is 2. The Kier molecular flexibility index (Phi) is 4.76. The molecule has 1 heterocycles. The first-order valence-corrected chi connectivity index (χ1v) is 8.09. The number of benzene rings is 2. The molecule has 0 spiro atoms. The first kappa shape index (κ1) is 17.4. The van der Waals surface area contributed by atoms with E-state index in [9.17, 15) is 9.90 Å². The first-order chi connectivity index (χ1) is 11.8. The van der Waals surface area contributed by atoms with E-state index in [4.69, 9.17) is 40.5 Å². The molecule has 0 radical (unpaired) electrons. The van der Waals surface area contributed by atoms with Crippen LogP contribution in [-0.2, 0) is 0 Å². The molecule has 0 atom stereocenters. The molecule has 128 valence electrons. The Hall–Kier alpha value is -2.41. The quantitative estimate of drug-likeness (QED) is 0.572. The first-order valence-electron chi connectivity index (χ1n) is 6.96. The molecule has 0 saturated heterocycles. The number of carbonyl (C=O) groups excluding carboxylic acids is 1. The lowest BCUT2D eigenvalue weighted by Crippen LogP contribution is -2.13. The number of aromatic nitrogens is 2. The van der Waals surface area contributed by atoms with Crippen molar-refractivity contribution in [1.29, 1.82) is 0 Å². The molecule has 1 aromatic heterocycles. The minimum Gasteiger partial charge on any atom is -0.493 e. The number of halogens is 3. The second kappa shape index (κ2) is 6.84. The SMILES string of the molecule is Nc1cccc(C(=O)Nc2cc(O)n(-c3c(Cl)cc(Cl)cc3Cl)n2)c1. The van der Waals surface area contributed by atoms with E-state index in [0.717, 1.165) is 4.68 Å². The molecule has 0 aliphatic heterocycles. The summed E-state index contributed by atoms with van der Waals surface area (Å²) in [5, 5.41) is 17.5. The van der Waals surface area contributed by atoms with Crippen LogP contribution < -0.4 is 11.1 Å². The van der Waals surface area contributed by atoms with Gasteiger partial charge in [-0.2, -0.15) is 4.68 Å². The predicted octanol–water partition coefficient (Wildman–Crippen LogP) is 4.37. The molecule has 25 heavy (non-hydrogen) atoms. The summed E-state index contributed by atoms with van der Waals surface area (Å²) in [5.41, 5.74) is 6.72. The van der Waals surface area contributed by atoms with Gasteiger partial charge in [0.15, 0.2) is 5.82 Å². The summed E-state index contributed by atoms with van der Waals surface area (Å²) in [6.45, 7) is 0. The highest BCUT2D eigenvalue weighted by molar-refractivity contribution is 6.40. The van der Waals surface area contributed by atoms with E-state index in [1.165, 1.54) is 24.3 Å². The standard InChI is InChI=1S/C16H11Cl3N4O2/c17-9-5-11(18)15(12(19)6-9)23-14(24)7-13(22-23)21-16(25)8-2-1-3-10(20)4-8/h1-7,24H,20H2,(H,21,22,25). The Bertz CT molecular complexity index is 949. The van der Waals surface area contributed by atoms with Crippen molar-refractivity contribution in [1.82, 2.24) is 9.78 Å². The molecule has 0 bridgehead atoms. The van der Waals surface area contributed by atoms with Crippen LogP contribution in [0.15, 0.2) is 42.5 Å². The van der Waals surface area contributed by atoms with E-state index in [1.54, 1.807) is 18.2 Å². The molecule has 0 aliphatic carbocycles. The number of anilines is 2. The van der Waals surface area contributed by atoms with Gasteiger partial charge in [0, 0.05) is 22.3 Å². The summed E-state index contributed by atoms with van der Waals surface area (Å²) < 4.78 is 1.11. The van der Waals surface area contributed by atoms with Crippen LogP contribution in [0, 0.1) is 0 Å². The lowest BCUT2D eigenvalue weighted by molar-refractivity contribution is 0.102. The summed E-state index contributed by atoms with van der Waals surface area (Å²) in [7, 11) is 0. The number of carbonyl (C=O) groups is 1. The monoisotopic (exact) mass is 396 g/mol. The fraction of sp³-hybridized carbons (Fsp3) is 0. The second-order valence-corrected chi connectivity index (χ2v) is 6.35. The molecule has 0 fully saturated rings. The smallest absolute Gasteiger partial charge is 0.256 e. The van der Waals surface area contributed by atoms with Gasteiger partial charge >= 0.3 is 0 Å². The van der Waals surface area contributed by atoms with Crippen molar-refractivity contribution in [3.8, 4) is 11.6 Å². The molecule has 2 aromatic carbocycles. The summed E-state index contributed by atoms with van der Waals surface area (Å²) in [6, 6.07) is 10.7. The van der Waals surface area contributed by atoms with Gasteiger partial charge in [-0.05, 0) is 30.3 Å². The number of nitrogens with two attached hydrogens (primary N) is 1. The fourth-order valence-electron chi connectivity index (χ4n) is 2.20. The topological polar surface area (TPSA) is 93.2 Å². The Morgan fingerprint density at radius 3 is 2.44 bits per heavy atom. The highest BCUT2D eigenvalue weighted by Crippen LogP contribution is 2.34. The van der Waals surface area contributed by atoms with Crippen LogP contribution in [0.2, 0.25) is 15.1 Å². The average Bonchev–Trinajstić information content (AvgIpc) is 2.86. The zero-order valence-corrected chi connectivity index (χ0v) is 14.8. The number of hydrogen-bond acceptors (Lipinski definition) is 4. The van der Waals surface area contributed by atoms with Gasteiger partial charge in [0.25, 0.3) is 5.91 Å². The maximum atomic E-state index is 12.2. The third-order valence-electron chi connectivity index (χ3n) is 3.27. The Morgan fingerprint density at radius 2 is 1.80 bits per heavy atom. The lowest BCUT2D eigenvalue weighted by Gasteiger charge is -2.08. The van der Waals surface area contributed by atoms with Crippen LogP contribution >= 0.6 is 34.8 Å². The van der Waals surface area contributed by atoms with E-state index >= 15 is 0 Å². The normalized spacial score (nSPS) is 10.7. The number of rotatable bonds is 3. The van der Waals surface area contributed by atoms with Crippen LogP contribution in [-0.4, -0.2) is 20.8 Å². The van der Waals surface area contributed by atoms with Crippen molar-refractivity contribution < 1.29 is 9.90 Å². The van der Waals surface area contributed by atoms with Gasteiger partial charge < -0.3 is 16.2 Å². The summed E-state index contributed by atoms with van der Waals surface area (Å²) in [6.07, 6.45) is 0. The van der Waals surface area contributed by atoms with Crippen LogP contribution in [0.5, 0.6) is 5.88 Å². The molecule has 1 amide bonds. The molecule has 0 saturated carbocycles. The molecule has 3 aromatic rings. The van der Waals surface area contributed by atoms with Crippen LogP contribution in [0.25, 0.3) is 5.69 Å². The fourth-order valence-corrected chi connectivity index (χ4v) is 3.18.